The molecule has 0 aliphatic rings. The lowest BCUT2D eigenvalue weighted by Gasteiger charge is -2.13. The zero-order chi connectivity index (χ0) is 12.0. The van der Waals surface area contributed by atoms with Gasteiger partial charge in [-0.25, -0.2) is 0 Å². The van der Waals surface area contributed by atoms with Gasteiger partial charge in [-0.1, -0.05) is 29.8 Å². The number of nitrogens with one attached hydrogen (secondary N) is 1. The van der Waals surface area contributed by atoms with E-state index in [2.05, 4.69) is 10.1 Å². The van der Waals surface area contributed by atoms with Gasteiger partial charge in [-0.05, 0) is 18.6 Å². The predicted octanol–water partition coefficient (Wildman–Crippen LogP) is 2.38. The summed E-state index contributed by atoms with van der Waals surface area (Å²) in [7, 11) is 1.39. The van der Waals surface area contributed by atoms with Crippen molar-refractivity contribution in [1.29, 1.82) is 0 Å². The second kappa shape index (κ2) is 6.51. The van der Waals surface area contributed by atoms with E-state index >= 15 is 0 Å². The first kappa shape index (κ1) is 13.0. The lowest BCUT2D eigenvalue weighted by Crippen LogP contribution is -2.28. The number of benzene rings is 1. The minimum atomic E-state index is -0.209. The quantitative estimate of drug-likeness (QED) is 0.805. The minimum Gasteiger partial charge on any atom is -0.469 e. The fraction of sp³-hybridized carbons (Fsp3) is 0.417. The molecule has 1 rings (SSSR count). The highest BCUT2D eigenvalue weighted by Crippen LogP contribution is 2.14. The summed E-state index contributed by atoms with van der Waals surface area (Å²) in [5, 5.41) is 3.96. The van der Waals surface area contributed by atoms with Crippen molar-refractivity contribution in [3.63, 3.8) is 0 Å². The van der Waals surface area contributed by atoms with Crippen LogP contribution in [0.2, 0.25) is 5.02 Å². The molecule has 0 amide bonds. The van der Waals surface area contributed by atoms with Crippen molar-refractivity contribution in [2.45, 2.75) is 25.9 Å². The van der Waals surface area contributed by atoms with E-state index in [1.165, 1.54) is 7.11 Å². The second-order valence-electron chi connectivity index (χ2n) is 3.65. The average Bonchev–Trinajstić information content (AvgIpc) is 2.28. The first-order valence-corrected chi connectivity index (χ1v) is 5.55. The molecule has 88 valence electrons. The molecule has 0 saturated heterocycles. The Hall–Kier alpha value is -1.06. The van der Waals surface area contributed by atoms with Gasteiger partial charge in [-0.15, -0.1) is 0 Å². The Kier molecular flexibility index (Phi) is 5.29. The molecular weight excluding hydrogens is 226 g/mol. The molecule has 0 heterocycles. The van der Waals surface area contributed by atoms with Crippen molar-refractivity contribution < 1.29 is 9.53 Å². The number of hydrogen-bond donors (Lipinski definition) is 1. The standard InChI is InChI=1S/C12H16ClNO2/c1-9(7-12(15)16-2)14-8-10-5-3-4-6-11(10)13/h3-6,9,14H,7-8H2,1-2H3/t9-/m1/s1. The maximum atomic E-state index is 11.0. The normalized spacial score (nSPS) is 12.2. The van der Waals surface area contributed by atoms with Crippen LogP contribution in [0.15, 0.2) is 24.3 Å². The van der Waals surface area contributed by atoms with Crippen LogP contribution in [0, 0.1) is 0 Å². The second-order valence-corrected chi connectivity index (χ2v) is 4.06. The van der Waals surface area contributed by atoms with Crippen molar-refractivity contribution in [1.82, 2.24) is 5.32 Å². The monoisotopic (exact) mass is 241 g/mol. The molecule has 0 spiro atoms. The summed E-state index contributed by atoms with van der Waals surface area (Å²) in [4.78, 5) is 11.0. The summed E-state index contributed by atoms with van der Waals surface area (Å²) in [5.41, 5.74) is 1.03. The van der Waals surface area contributed by atoms with Gasteiger partial charge in [0, 0.05) is 17.6 Å². The van der Waals surface area contributed by atoms with Crippen LogP contribution < -0.4 is 5.32 Å². The van der Waals surface area contributed by atoms with Crippen molar-refractivity contribution in [2.24, 2.45) is 0 Å². The fourth-order valence-corrected chi connectivity index (χ4v) is 1.53. The number of esters is 1. The molecule has 3 nitrogen and oxygen atoms in total. The van der Waals surface area contributed by atoms with Crippen molar-refractivity contribution in [3.8, 4) is 0 Å². The van der Waals surface area contributed by atoms with E-state index in [0.29, 0.717) is 13.0 Å². The fourth-order valence-electron chi connectivity index (χ4n) is 1.33. The molecule has 1 atom stereocenters. The number of rotatable bonds is 5. The molecule has 0 aliphatic heterocycles. The highest BCUT2D eigenvalue weighted by atomic mass is 35.5. The Labute approximate surface area is 101 Å². The molecule has 0 aromatic heterocycles. The molecule has 0 bridgehead atoms. The van der Waals surface area contributed by atoms with Crippen LogP contribution in [0.1, 0.15) is 18.9 Å². The van der Waals surface area contributed by atoms with Gasteiger partial charge in [0.15, 0.2) is 0 Å². The van der Waals surface area contributed by atoms with E-state index < -0.39 is 0 Å². The highest BCUT2D eigenvalue weighted by molar-refractivity contribution is 6.31. The van der Waals surface area contributed by atoms with Crippen LogP contribution in [0.25, 0.3) is 0 Å². The number of methoxy groups -OCH3 is 1. The zero-order valence-electron chi connectivity index (χ0n) is 9.50. The summed E-state index contributed by atoms with van der Waals surface area (Å²) >= 11 is 6.01. The topological polar surface area (TPSA) is 38.3 Å². The third kappa shape index (κ3) is 4.21. The van der Waals surface area contributed by atoms with Gasteiger partial charge in [0.25, 0.3) is 0 Å². The molecule has 1 aromatic rings. The smallest absolute Gasteiger partial charge is 0.307 e. The molecule has 0 unspecified atom stereocenters. The third-order valence-electron chi connectivity index (χ3n) is 2.30. The number of ether oxygens (including phenoxy) is 1. The number of halogens is 1. The number of carbonyl (C=O) groups is 1. The largest absolute Gasteiger partial charge is 0.469 e. The summed E-state index contributed by atoms with van der Waals surface area (Å²) in [6.45, 7) is 2.59. The molecule has 0 saturated carbocycles. The Morgan fingerprint density at radius 1 is 1.50 bits per heavy atom. The van der Waals surface area contributed by atoms with Crippen LogP contribution in [0.5, 0.6) is 0 Å². The van der Waals surface area contributed by atoms with Crippen molar-refractivity contribution in [3.05, 3.63) is 34.9 Å². The molecule has 16 heavy (non-hydrogen) atoms. The molecule has 4 heteroatoms. The van der Waals surface area contributed by atoms with Crippen LogP contribution in [0.3, 0.4) is 0 Å². The van der Waals surface area contributed by atoms with Crippen molar-refractivity contribution in [2.75, 3.05) is 7.11 Å². The summed E-state index contributed by atoms with van der Waals surface area (Å²) in [6.07, 6.45) is 0.362. The first-order chi connectivity index (χ1) is 7.63. The number of carbonyl (C=O) groups excluding carboxylic acids is 1. The SMILES string of the molecule is COC(=O)C[C@@H](C)NCc1ccccc1Cl. The summed E-state index contributed by atoms with van der Waals surface area (Å²) in [5.74, 6) is -0.209. The molecule has 0 radical (unpaired) electrons. The van der Waals surface area contributed by atoms with Gasteiger partial charge in [0.1, 0.15) is 0 Å². The summed E-state index contributed by atoms with van der Waals surface area (Å²) in [6, 6.07) is 7.71. The molecule has 1 aromatic carbocycles. The third-order valence-corrected chi connectivity index (χ3v) is 2.67. The van der Waals surface area contributed by atoms with E-state index in [1.807, 2.05) is 31.2 Å². The maximum Gasteiger partial charge on any atom is 0.307 e. The van der Waals surface area contributed by atoms with E-state index in [-0.39, 0.29) is 12.0 Å². The Bertz CT molecular complexity index is 355. The average molecular weight is 242 g/mol. The molecular formula is C12H16ClNO2. The van der Waals surface area contributed by atoms with Gasteiger partial charge in [0.05, 0.1) is 13.5 Å². The van der Waals surface area contributed by atoms with E-state index in [9.17, 15) is 4.79 Å². The van der Waals surface area contributed by atoms with E-state index in [1.54, 1.807) is 0 Å². The predicted molar refractivity (Wildman–Crippen MR) is 64.4 cm³/mol. The minimum absolute atomic E-state index is 0.0729. The maximum absolute atomic E-state index is 11.0. The van der Waals surface area contributed by atoms with Crippen LogP contribution >= 0.6 is 11.6 Å². The Balaban J connectivity index is 2.40. The van der Waals surface area contributed by atoms with Gasteiger partial charge < -0.3 is 10.1 Å². The van der Waals surface area contributed by atoms with Crippen LogP contribution in [-0.2, 0) is 16.1 Å². The Morgan fingerprint density at radius 2 is 2.19 bits per heavy atom. The van der Waals surface area contributed by atoms with Crippen LogP contribution in [0.4, 0.5) is 0 Å². The summed E-state index contributed by atoms with van der Waals surface area (Å²) < 4.78 is 4.59. The molecule has 0 aliphatic carbocycles. The van der Waals surface area contributed by atoms with Gasteiger partial charge in [-0.2, -0.15) is 0 Å². The number of hydrogen-bond acceptors (Lipinski definition) is 3. The Morgan fingerprint density at radius 3 is 2.81 bits per heavy atom. The van der Waals surface area contributed by atoms with Gasteiger partial charge in [0.2, 0.25) is 0 Å². The van der Waals surface area contributed by atoms with Gasteiger partial charge in [-0.3, -0.25) is 4.79 Å². The van der Waals surface area contributed by atoms with E-state index in [4.69, 9.17) is 11.6 Å². The lowest BCUT2D eigenvalue weighted by molar-refractivity contribution is -0.141. The zero-order valence-corrected chi connectivity index (χ0v) is 10.3. The molecule has 0 fully saturated rings. The first-order valence-electron chi connectivity index (χ1n) is 5.17. The highest BCUT2D eigenvalue weighted by Gasteiger charge is 2.08. The molecule has 1 N–H and O–H groups in total. The van der Waals surface area contributed by atoms with Crippen molar-refractivity contribution >= 4 is 17.6 Å². The van der Waals surface area contributed by atoms with Crippen LogP contribution in [-0.4, -0.2) is 19.1 Å². The van der Waals surface area contributed by atoms with E-state index in [0.717, 1.165) is 10.6 Å². The van der Waals surface area contributed by atoms with Gasteiger partial charge >= 0.3 is 5.97 Å². The lowest BCUT2D eigenvalue weighted by atomic mass is 10.2.